The van der Waals surface area contributed by atoms with Gasteiger partial charge < -0.3 is 20.1 Å². The van der Waals surface area contributed by atoms with Gasteiger partial charge in [0.05, 0.1) is 18.5 Å². The number of amides is 4. The molecule has 2 heterocycles. The smallest absolute Gasteiger partial charge is 0.324 e. The molecule has 0 bridgehead atoms. The number of nitrogens with zero attached hydrogens (tertiary/aromatic N) is 3. The Morgan fingerprint density at radius 1 is 0.854 bits per heavy atom. The van der Waals surface area contributed by atoms with Gasteiger partial charge in [-0.15, -0.1) is 0 Å². The van der Waals surface area contributed by atoms with Gasteiger partial charge >= 0.3 is 12.1 Å². The number of urea groups is 2. The predicted octanol–water partition coefficient (Wildman–Crippen LogP) is 6.38. The molecule has 0 spiro atoms. The van der Waals surface area contributed by atoms with Crippen LogP contribution >= 0.6 is 0 Å². The van der Waals surface area contributed by atoms with Crippen LogP contribution in [0.15, 0.2) is 60.8 Å². The molecule has 4 rings (SSSR count). The second-order valence-corrected chi connectivity index (χ2v) is 10.4. The molecule has 11 heteroatoms. The SMILES string of the molecule is CNC(=O)Nc1cc(Oc2ccc(NC(=O)Nc3cc(C(C)(C)C)nn3-c3ccc(OC)cc3)c(C)c2C)ccn1. The molecule has 214 valence electrons. The van der Waals surface area contributed by atoms with Crippen LogP contribution < -0.4 is 30.7 Å². The molecule has 4 aromatic rings. The molecule has 2 aromatic carbocycles. The Kier molecular flexibility index (Phi) is 8.46. The summed E-state index contributed by atoms with van der Waals surface area (Å²) in [6.45, 7) is 10.0. The van der Waals surface area contributed by atoms with Crippen LogP contribution in [0.2, 0.25) is 0 Å². The molecule has 2 aromatic heterocycles. The van der Waals surface area contributed by atoms with Crippen LogP contribution in [-0.2, 0) is 5.41 Å². The van der Waals surface area contributed by atoms with E-state index in [1.54, 1.807) is 42.3 Å². The van der Waals surface area contributed by atoms with Gasteiger partial charge in [-0.1, -0.05) is 20.8 Å². The van der Waals surface area contributed by atoms with Crippen LogP contribution in [-0.4, -0.2) is 41.0 Å². The Balaban J connectivity index is 1.52. The van der Waals surface area contributed by atoms with Crippen molar-refractivity contribution in [3.63, 3.8) is 0 Å². The van der Waals surface area contributed by atoms with Crippen LogP contribution in [0, 0.1) is 13.8 Å². The second-order valence-electron chi connectivity index (χ2n) is 10.4. The first-order valence-electron chi connectivity index (χ1n) is 13.0. The summed E-state index contributed by atoms with van der Waals surface area (Å²) in [5.74, 6) is 2.74. The highest BCUT2D eigenvalue weighted by molar-refractivity contribution is 6.00. The van der Waals surface area contributed by atoms with E-state index >= 15 is 0 Å². The van der Waals surface area contributed by atoms with Gasteiger partial charge in [0.2, 0.25) is 0 Å². The average Bonchev–Trinajstić information content (AvgIpc) is 3.37. The molecule has 4 amide bonds. The number of carbonyl (C=O) groups is 2. The maximum Gasteiger partial charge on any atom is 0.324 e. The predicted molar refractivity (Wildman–Crippen MR) is 160 cm³/mol. The minimum Gasteiger partial charge on any atom is -0.497 e. The quantitative estimate of drug-likeness (QED) is 0.209. The van der Waals surface area contributed by atoms with Crippen molar-refractivity contribution in [1.82, 2.24) is 20.1 Å². The zero-order chi connectivity index (χ0) is 29.7. The van der Waals surface area contributed by atoms with Gasteiger partial charge in [-0.05, 0) is 67.4 Å². The molecule has 0 atom stereocenters. The van der Waals surface area contributed by atoms with E-state index in [1.807, 2.05) is 44.2 Å². The highest BCUT2D eigenvalue weighted by Gasteiger charge is 2.22. The van der Waals surface area contributed by atoms with E-state index in [0.29, 0.717) is 28.8 Å². The number of anilines is 3. The largest absolute Gasteiger partial charge is 0.497 e. The summed E-state index contributed by atoms with van der Waals surface area (Å²) in [4.78, 5) is 28.9. The van der Waals surface area contributed by atoms with Crippen molar-refractivity contribution in [3.8, 4) is 22.9 Å². The van der Waals surface area contributed by atoms with E-state index in [9.17, 15) is 9.59 Å². The molecular formula is C30H35N7O4. The van der Waals surface area contributed by atoms with E-state index in [0.717, 1.165) is 28.3 Å². The molecule has 41 heavy (non-hydrogen) atoms. The Labute approximate surface area is 239 Å². The topological polar surface area (TPSA) is 131 Å². The van der Waals surface area contributed by atoms with Crippen molar-refractivity contribution in [2.75, 3.05) is 30.1 Å². The number of pyridine rings is 1. The number of rotatable bonds is 7. The van der Waals surface area contributed by atoms with E-state index in [-0.39, 0.29) is 11.4 Å². The second kappa shape index (κ2) is 12.0. The number of benzene rings is 2. The molecule has 0 saturated carbocycles. The summed E-state index contributed by atoms with van der Waals surface area (Å²) in [7, 11) is 3.14. The molecule has 11 nitrogen and oxygen atoms in total. The van der Waals surface area contributed by atoms with Crippen LogP contribution in [0.4, 0.5) is 26.9 Å². The number of nitrogens with one attached hydrogen (secondary N) is 4. The van der Waals surface area contributed by atoms with E-state index < -0.39 is 6.03 Å². The highest BCUT2D eigenvalue weighted by atomic mass is 16.5. The van der Waals surface area contributed by atoms with Crippen molar-refractivity contribution in [3.05, 3.63) is 77.6 Å². The number of hydrogen-bond donors (Lipinski definition) is 4. The lowest BCUT2D eigenvalue weighted by atomic mass is 9.92. The average molecular weight is 558 g/mol. The van der Waals surface area contributed by atoms with E-state index in [4.69, 9.17) is 14.6 Å². The van der Waals surface area contributed by atoms with Crippen molar-refractivity contribution < 1.29 is 19.1 Å². The number of ether oxygens (including phenoxy) is 2. The molecule has 4 N–H and O–H groups in total. The van der Waals surface area contributed by atoms with Gasteiger partial charge in [0, 0.05) is 36.5 Å². The van der Waals surface area contributed by atoms with Gasteiger partial charge in [-0.2, -0.15) is 5.10 Å². The normalized spacial score (nSPS) is 11.0. The fourth-order valence-electron chi connectivity index (χ4n) is 3.92. The lowest BCUT2D eigenvalue weighted by molar-refractivity contribution is 0.254. The first-order valence-corrected chi connectivity index (χ1v) is 13.0. The molecule has 0 aliphatic rings. The molecule has 0 unspecified atom stereocenters. The highest BCUT2D eigenvalue weighted by Crippen LogP contribution is 2.32. The van der Waals surface area contributed by atoms with Crippen LogP contribution in [0.25, 0.3) is 5.69 Å². The number of carbonyl (C=O) groups excluding carboxylic acids is 2. The molecule has 0 aliphatic carbocycles. The third-order valence-corrected chi connectivity index (χ3v) is 6.45. The van der Waals surface area contributed by atoms with E-state index in [1.165, 1.54) is 7.05 Å². The fourth-order valence-corrected chi connectivity index (χ4v) is 3.92. The maximum atomic E-state index is 13.2. The third kappa shape index (κ3) is 6.93. The van der Waals surface area contributed by atoms with Crippen LogP contribution in [0.3, 0.4) is 0 Å². The van der Waals surface area contributed by atoms with Crippen LogP contribution in [0.5, 0.6) is 17.2 Å². The van der Waals surface area contributed by atoms with Gasteiger partial charge in [-0.3, -0.25) is 10.6 Å². The molecule has 0 radical (unpaired) electrons. The summed E-state index contributed by atoms with van der Waals surface area (Å²) in [5, 5.41) is 15.7. The third-order valence-electron chi connectivity index (χ3n) is 6.45. The first kappa shape index (κ1) is 28.9. The van der Waals surface area contributed by atoms with Gasteiger partial charge in [-0.25, -0.2) is 19.3 Å². The van der Waals surface area contributed by atoms with Crippen molar-refractivity contribution in [2.24, 2.45) is 0 Å². The van der Waals surface area contributed by atoms with Gasteiger partial charge in [0.1, 0.15) is 28.9 Å². The van der Waals surface area contributed by atoms with Crippen molar-refractivity contribution >= 4 is 29.4 Å². The Morgan fingerprint density at radius 3 is 2.24 bits per heavy atom. The minimum atomic E-state index is -0.407. The minimum absolute atomic E-state index is 0.220. The summed E-state index contributed by atoms with van der Waals surface area (Å²) in [6.07, 6.45) is 1.55. The van der Waals surface area contributed by atoms with Gasteiger partial charge in [0.25, 0.3) is 0 Å². The van der Waals surface area contributed by atoms with Crippen LogP contribution in [0.1, 0.15) is 37.6 Å². The summed E-state index contributed by atoms with van der Waals surface area (Å²) >= 11 is 0. The van der Waals surface area contributed by atoms with Gasteiger partial charge in [0.15, 0.2) is 0 Å². The number of methoxy groups -OCH3 is 1. The van der Waals surface area contributed by atoms with Crippen molar-refractivity contribution in [1.29, 1.82) is 0 Å². The zero-order valence-electron chi connectivity index (χ0n) is 24.2. The number of aromatic nitrogens is 3. The van der Waals surface area contributed by atoms with E-state index in [2.05, 4.69) is 47.0 Å². The Bertz CT molecular complexity index is 1560. The lowest BCUT2D eigenvalue weighted by Crippen LogP contribution is -2.24. The molecular weight excluding hydrogens is 522 g/mol. The summed E-state index contributed by atoms with van der Waals surface area (Å²) in [5.41, 5.74) is 3.73. The standard InChI is InChI=1S/C30H35N7O4/c1-18-19(2)24(41-22-14-15-32-26(16-22)34-28(38)31-6)13-12-23(18)33-29(39)35-27-17-25(30(3,4)5)36-37(27)20-8-10-21(40-7)11-9-20/h8-17H,1-7H3,(H2,33,35,39)(H2,31,32,34,38). The summed E-state index contributed by atoms with van der Waals surface area (Å²) < 4.78 is 13.0. The number of hydrogen-bond acceptors (Lipinski definition) is 6. The molecule has 0 aliphatic heterocycles. The lowest BCUT2D eigenvalue weighted by Gasteiger charge is -2.16. The zero-order valence-corrected chi connectivity index (χ0v) is 24.2. The fraction of sp³-hybridized carbons (Fsp3) is 0.267. The Morgan fingerprint density at radius 2 is 1.59 bits per heavy atom. The monoisotopic (exact) mass is 557 g/mol. The molecule has 0 saturated heterocycles. The summed E-state index contributed by atoms with van der Waals surface area (Å²) in [6, 6.07) is 15.4. The maximum absolute atomic E-state index is 13.2. The van der Waals surface area contributed by atoms with Crippen molar-refractivity contribution in [2.45, 2.75) is 40.0 Å². The molecule has 0 fully saturated rings. The Hall–Kier alpha value is -5.06. The first-order chi connectivity index (χ1) is 19.5.